The monoisotopic (exact) mass is 341 g/mol. The van der Waals surface area contributed by atoms with E-state index in [9.17, 15) is 19.7 Å². The van der Waals surface area contributed by atoms with Crippen LogP contribution in [0.3, 0.4) is 0 Å². The first kappa shape index (κ1) is 17.7. The molecule has 2 aromatic carbocycles. The van der Waals surface area contributed by atoms with Crippen molar-refractivity contribution in [1.29, 1.82) is 0 Å². The average molecular weight is 341 g/mol. The highest BCUT2D eigenvalue weighted by molar-refractivity contribution is 6.04. The van der Waals surface area contributed by atoms with Crippen molar-refractivity contribution in [3.05, 3.63) is 82.0 Å². The lowest BCUT2D eigenvalue weighted by atomic mass is 10.1. The number of hydrogen-bond acceptors (Lipinski definition) is 6. The Kier molecular flexibility index (Phi) is 5.83. The van der Waals surface area contributed by atoms with E-state index in [2.05, 4.69) is 10.9 Å². The van der Waals surface area contributed by atoms with Crippen LogP contribution in [0.5, 0.6) is 5.75 Å². The number of benzene rings is 2. The van der Waals surface area contributed by atoms with E-state index < -0.39 is 10.8 Å². The number of hydrogen-bond donors (Lipinski definition) is 2. The van der Waals surface area contributed by atoms with Crippen LogP contribution in [0.15, 0.2) is 60.8 Å². The number of rotatable bonds is 7. The van der Waals surface area contributed by atoms with Crippen LogP contribution >= 0.6 is 0 Å². The molecule has 1 amide bonds. The number of amides is 1. The minimum Gasteiger partial charge on any atom is -0.497 e. The van der Waals surface area contributed by atoms with Gasteiger partial charge in [0, 0.05) is 35.5 Å². The van der Waals surface area contributed by atoms with E-state index in [4.69, 9.17) is 4.74 Å². The molecule has 2 N–H and O–H groups in total. The predicted octanol–water partition coefficient (Wildman–Crippen LogP) is 2.23. The third kappa shape index (κ3) is 4.90. The van der Waals surface area contributed by atoms with Crippen molar-refractivity contribution in [2.45, 2.75) is 0 Å². The number of nitro benzene ring substituents is 1. The molecule has 0 saturated heterocycles. The zero-order valence-corrected chi connectivity index (χ0v) is 13.3. The Labute approximate surface area is 143 Å². The molecule has 0 aromatic heterocycles. The van der Waals surface area contributed by atoms with Crippen LogP contribution in [-0.4, -0.2) is 23.7 Å². The van der Waals surface area contributed by atoms with Gasteiger partial charge in [0.05, 0.1) is 12.0 Å². The minimum atomic E-state index is -0.548. The third-order valence-electron chi connectivity index (χ3n) is 3.22. The Bertz CT molecular complexity index is 798. The van der Waals surface area contributed by atoms with Crippen LogP contribution in [0, 0.1) is 10.1 Å². The van der Waals surface area contributed by atoms with Crippen molar-refractivity contribution in [1.82, 2.24) is 10.9 Å². The summed E-state index contributed by atoms with van der Waals surface area (Å²) in [5, 5.41) is 10.6. The number of ether oxygens (including phenoxy) is 1. The molecule has 0 spiro atoms. The Morgan fingerprint density at radius 3 is 2.20 bits per heavy atom. The second-order valence-corrected chi connectivity index (χ2v) is 4.83. The molecule has 0 saturated carbocycles. The summed E-state index contributed by atoms with van der Waals surface area (Å²) in [5.41, 5.74) is 5.45. The van der Waals surface area contributed by atoms with E-state index in [1.807, 2.05) is 0 Å². The van der Waals surface area contributed by atoms with Gasteiger partial charge in [-0.05, 0) is 36.4 Å². The van der Waals surface area contributed by atoms with E-state index in [1.54, 1.807) is 24.3 Å². The van der Waals surface area contributed by atoms with Gasteiger partial charge in [0.25, 0.3) is 11.6 Å². The summed E-state index contributed by atoms with van der Waals surface area (Å²) in [5.74, 6) is -0.0924. The SMILES string of the molecule is COc1ccc(C(=O)C=CNNC(=O)c2ccc([N+](=O)[O-])cc2)cc1. The standard InChI is InChI=1S/C17H15N3O5/c1-25-15-8-4-12(5-9-15)16(21)10-11-18-19-17(22)13-2-6-14(7-3-13)20(23)24/h2-11,18H,1H3,(H,19,22). The number of nitro groups is 1. The maximum absolute atomic E-state index is 11.9. The number of ketones is 1. The van der Waals surface area contributed by atoms with E-state index in [0.717, 1.165) is 0 Å². The van der Waals surface area contributed by atoms with Crippen LogP contribution < -0.4 is 15.6 Å². The topological polar surface area (TPSA) is 111 Å². The quantitative estimate of drug-likeness (QED) is 0.346. The Hall–Kier alpha value is -3.68. The highest BCUT2D eigenvalue weighted by Crippen LogP contribution is 2.12. The molecule has 0 atom stereocenters. The molecule has 2 rings (SSSR count). The van der Waals surface area contributed by atoms with Crippen molar-refractivity contribution in [2.75, 3.05) is 7.11 Å². The fraction of sp³-hybridized carbons (Fsp3) is 0.0588. The van der Waals surface area contributed by atoms with Crippen molar-refractivity contribution in [2.24, 2.45) is 0 Å². The van der Waals surface area contributed by atoms with E-state index >= 15 is 0 Å². The van der Waals surface area contributed by atoms with Crippen molar-refractivity contribution in [3.63, 3.8) is 0 Å². The smallest absolute Gasteiger partial charge is 0.269 e. The first-order valence-electron chi connectivity index (χ1n) is 7.16. The van der Waals surface area contributed by atoms with E-state index in [0.29, 0.717) is 11.3 Å². The molecule has 2 aromatic rings. The fourth-order valence-electron chi connectivity index (χ4n) is 1.88. The molecule has 0 fully saturated rings. The average Bonchev–Trinajstić information content (AvgIpc) is 2.65. The highest BCUT2D eigenvalue weighted by Gasteiger charge is 2.08. The van der Waals surface area contributed by atoms with Crippen molar-refractivity contribution >= 4 is 17.4 Å². The van der Waals surface area contributed by atoms with Crippen LogP contribution in [-0.2, 0) is 0 Å². The lowest BCUT2D eigenvalue weighted by molar-refractivity contribution is -0.384. The lowest BCUT2D eigenvalue weighted by Crippen LogP contribution is -2.33. The summed E-state index contributed by atoms with van der Waals surface area (Å²) in [7, 11) is 1.54. The first-order chi connectivity index (χ1) is 12.0. The molecule has 0 aliphatic rings. The molecule has 0 radical (unpaired) electrons. The molecule has 8 nitrogen and oxygen atoms in total. The summed E-state index contributed by atoms with van der Waals surface area (Å²) in [4.78, 5) is 33.8. The largest absolute Gasteiger partial charge is 0.497 e. The van der Waals surface area contributed by atoms with Crippen LogP contribution in [0.25, 0.3) is 0 Å². The molecule has 0 unspecified atom stereocenters. The Morgan fingerprint density at radius 2 is 1.64 bits per heavy atom. The first-order valence-corrected chi connectivity index (χ1v) is 7.16. The number of nitrogens with zero attached hydrogens (tertiary/aromatic N) is 1. The van der Waals surface area contributed by atoms with Gasteiger partial charge in [-0.25, -0.2) is 0 Å². The second-order valence-electron chi connectivity index (χ2n) is 4.83. The molecule has 0 aliphatic carbocycles. The zero-order valence-electron chi connectivity index (χ0n) is 13.3. The third-order valence-corrected chi connectivity index (χ3v) is 3.22. The summed E-state index contributed by atoms with van der Waals surface area (Å²) < 4.78 is 5.01. The van der Waals surface area contributed by atoms with Gasteiger partial charge < -0.3 is 10.2 Å². The molecule has 8 heteroatoms. The number of methoxy groups -OCH3 is 1. The summed E-state index contributed by atoms with van der Waals surface area (Å²) in [6, 6.07) is 11.7. The van der Waals surface area contributed by atoms with Crippen LogP contribution in [0.1, 0.15) is 20.7 Å². The van der Waals surface area contributed by atoms with Gasteiger partial charge in [-0.15, -0.1) is 0 Å². The number of non-ortho nitro benzene ring substituents is 1. The Balaban J connectivity index is 1.86. The van der Waals surface area contributed by atoms with Gasteiger partial charge in [-0.2, -0.15) is 0 Å². The lowest BCUT2D eigenvalue weighted by Gasteiger charge is -2.04. The number of carbonyl (C=O) groups is 2. The van der Waals surface area contributed by atoms with Gasteiger partial charge in [-0.1, -0.05) is 0 Å². The molecule has 0 bridgehead atoms. The predicted molar refractivity (Wildman–Crippen MR) is 90.2 cm³/mol. The molecule has 0 aliphatic heterocycles. The van der Waals surface area contributed by atoms with Gasteiger partial charge in [-0.3, -0.25) is 25.1 Å². The summed E-state index contributed by atoms with van der Waals surface area (Å²) in [6.45, 7) is 0. The molecule has 0 heterocycles. The second kappa shape index (κ2) is 8.25. The van der Waals surface area contributed by atoms with E-state index in [1.165, 1.54) is 43.7 Å². The van der Waals surface area contributed by atoms with Gasteiger partial charge in [0.15, 0.2) is 5.78 Å². The maximum Gasteiger partial charge on any atom is 0.269 e. The van der Waals surface area contributed by atoms with Crippen LogP contribution in [0.2, 0.25) is 0 Å². The van der Waals surface area contributed by atoms with Gasteiger partial charge in [0.1, 0.15) is 5.75 Å². The molecular formula is C17H15N3O5. The highest BCUT2D eigenvalue weighted by atomic mass is 16.6. The zero-order chi connectivity index (χ0) is 18.2. The molecular weight excluding hydrogens is 326 g/mol. The number of carbonyl (C=O) groups excluding carboxylic acids is 2. The number of hydrazine groups is 1. The normalized spacial score (nSPS) is 10.3. The Morgan fingerprint density at radius 1 is 1.04 bits per heavy atom. The van der Waals surface area contributed by atoms with Gasteiger partial charge >= 0.3 is 0 Å². The van der Waals surface area contributed by atoms with E-state index in [-0.39, 0.29) is 17.0 Å². The number of nitrogens with one attached hydrogen (secondary N) is 2. The number of allylic oxidation sites excluding steroid dienone is 1. The molecule has 128 valence electrons. The minimum absolute atomic E-state index is 0.102. The van der Waals surface area contributed by atoms with Gasteiger partial charge in [0.2, 0.25) is 0 Å². The van der Waals surface area contributed by atoms with Crippen molar-refractivity contribution in [3.8, 4) is 5.75 Å². The fourth-order valence-corrected chi connectivity index (χ4v) is 1.88. The maximum atomic E-state index is 11.9. The summed E-state index contributed by atoms with van der Waals surface area (Å²) >= 11 is 0. The molecule has 25 heavy (non-hydrogen) atoms. The van der Waals surface area contributed by atoms with Crippen molar-refractivity contribution < 1.29 is 19.2 Å². The van der Waals surface area contributed by atoms with Crippen LogP contribution in [0.4, 0.5) is 5.69 Å². The summed E-state index contributed by atoms with van der Waals surface area (Å²) in [6.07, 6.45) is 2.55.